The van der Waals surface area contributed by atoms with Gasteiger partial charge in [-0.1, -0.05) is 18.2 Å². The predicted molar refractivity (Wildman–Crippen MR) is 104 cm³/mol. The molecular weight excluding hydrogens is 344 g/mol. The summed E-state index contributed by atoms with van der Waals surface area (Å²) in [6.45, 7) is 0.629. The average Bonchev–Trinajstić information content (AvgIpc) is 2.69. The lowest BCUT2D eigenvalue weighted by atomic mass is 10.2. The van der Waals surface area contributed by atoms with E-state index in [1.165, 1.54) is 23.9 Å². The second kappa shape index (κ2) is 8.77. The molecule has 0 spiro atoms. The molecule has 0 atom stereocenters. The van der Waals surface area contributed by atoms with E-state index in [-0.39, 0.29) is 23.7 Å². The Morgan fingerprint density at radius 3 is 2.33 bits per heavy atom. The highest BCUT2D eigenvalue weighted by molar-refractivity contribution is 6.02. The third-order valence-electron chi connectivity index (χ3n) is 3.81. The van der Waals surface area contributed by atoms with E-state index in [0.29, 0.717) is 12.3 Å². The number of nitrogens with zero attached hydrogens (tertiary/aromatic N) is 2. The molecule has 0 saturated heterocycles. The van der Waals surface area contributed by atoms with Gasteiger partial charge in [-0.05, 0) is 42.5 Å². The number of benzene rings is 2. The maximum atomic E-state index is 12.4. The molecule has 0 unspecified atom stereocenters. The Kier molecular flexibility index (Phi) is 5.96. The van der Waals surface area contributed by atoms with Gasteiger partial charge < -0.3 is 15.4 Å². The number of carbonyl (C=O) groups is 1. The molecule has 2 aromatic carbocycles. The van der Waals surface area contributed by atoms with Crippen molar-refractivity contribution >= 4 is 23.0 Å². The van der Waals surface area contributed by atoms with E-state index in [1.807, 2.05) is 42.5 Å². The number of hydrogen-bond acceptors (Lipinski definition) is 5. The van der Waals surface area contributed by atoms with Crippen LogP contribution in [0.2, 0.25) is 0 Å². The van der Waals surface area contributed by atoms with Crippen molar-refractivity contribution in [1.82, 2.24) is 9.78 Å². The Hall–Kier alpha value is -3.45. The van der Waals surface area contributed by atoms with Gasteiger partial charge in [-0.2, -0.15) is 5.10 Å². The van der Waals surface area contributed by atoms with E-state index >= 15 is 0 Å². The predicted octanol–water partition coefficient (Wildman–Crippen LogP) is 2.89. The van der Waals surface area contributed by atoms with Crippen LogP contribution in [0.15, 0.2) is 71.5 Å². The van der Waals surface area contributed by atoms with Crippen LogP contribution in [0, 0.1) is 0 Å². The molecular formula is C20H20N4O3. The molecule has 3 aromatic rings. The Labute approximate surface area is 156 Å². The molecule has 7 heteroatoms. The van der Waals surface area contributed by atoms with Gasteiger partial charge in [-0.3, -0.25) is 9.59 Å². The highest BCUT2D eigenvalue weighted by atomic mass is 16.5. The number of amides is 1. The topological polar surface area (TPSA) is 85.2 Å². The highest BCUT2D eigenvalue weighted by Gasteiger charge is 2.10. The van der Waals surface area contributed by atoms with Crippen molar-refractivity contribution in [3.63, 3.8) is 0 Å². The van der Waals surface area contributed by atoms with Crippen LogP contribution >= 0.6 is 0 Å². The highest BCUT2D eigenvalue weighted by Crippen LogP contribution is 2.18. The molecule has 3 rings (SSSR count). The molecule has 27 heavy (non-hydrogen) atoms. The van der Waals surface area contributed by atoms with Crippen LogP contribution in [0.1, 0.15) is 10.5 Å². The molecule has 1 aromatic heterocycles. The first-order chi connectivity index (χ1) is 13.2. The minimum atomic E-state index is -0.384. The number of methoxy groups -OCH3 is 1. The van der Waals surface area contributed by atoms with Gasteiger partial charge in [0.2, 0.25) is 0 Å². The van der Waals surface area contributed by atoms with Gasteiger partial charge in [-0.15, -0.1) is 0 Å². The second-order valence-electron chi connectivity index (χ2n) is 5.80. The van der Waals surface area contributed by atoms with Gasteiger partial charge in [0, 0.05) is 30.2 Å². The summed E-state index contributed by atoms with van der Waals surface area (Å²) < 4.78 is 6.16. The number of ether oxygens (including phenoxy) is 1. The second-order valence-corrected chi connectivity index (χ2v) is 5.80. The summed E-state index contributed by atoms with van der Waals surface area (Å²) in [6, 6.07) is 19.9. The molecule has 0 aliphatic carbocycles. The normalized spacial score (nSPS) is 10.4. The third kappa shape index (κ3) is 5.02. The smallest absolute Gasteiger partial charge is 0.276 e. The van der Waals surface area contributed by atoms with Crippen molar-refractivity contribution < 1.29 is 9.53 Å². The van der Waals surface area contributed by atoms with Gasteiger partial charge in [0.05, 0.1) is 13.2 Å². The van der Waals surface area contributed by atoms with Gasteiger partial charge in [0.15, 0.2) is 0 Å². The molecule has 138 valence electrons. The third-order valence-corrected chi connectivity index (χ3v) is 3.81. The number of nitrogens with one attached hydrogen (secondary N) is 2. The number of rotatable bonds is 7. The monoisotopic (exact) mass is 364 g/mol. The molecule has 0 aliphatic rings. The minimum Gasteiger partial charge on any atom is -0.383 e. The van der Waals surface area contributed by atoms with Gasteiger partial charge >= 0.3 is 0 Å². The number of anilines is 3. The lowest BCUT2D eigenvalue weighted by Crippen LogP contribution is -2.27. The molecule has 0 radical (unpaired) electrons. The Morgan fingerprint density at radius 1 is 0.963 bits per heavy atom. The molecule has 2 N–H and O–H groups in total. The molecule has 0 fully saturated rings. The number of hydrogen-bond donors (Lipinski definition) is 2. The largest absolute Gasteiger partial charge is 0.383 e. The van der Waals surface area contributed by atoms with Gasteiger partial charge in [0.1, 0.15) is 5.69 Å². The molecule has 1 amide bonds. The van der Waals surface area contributed by atoms with Crippen molar-refractivity contribution in [3.05, 3.63) is 82.8 Å². The van der Waals surface area contributed by atoms with Crippen LogP contribution in [0.5, 0.6) is 0 Å². The average molecular weight is 364 g/mol. The fourth-order valence-corrected chi connectivity index (χ4v) is 2.43. The van der Waals surface area contributed by atoms with Gasteiger partial charge in [-0.25, -0.2) is 4.68 Å². The van der Waals surface area contributed by atoms with Gasteiger partial charge in [0.25, 0.3) is 11.5 Å². The first-order valence-corrected chi connectivity index (χ1v) is 8.46. The standard InChI is InChI=1S/C20H20N4O3/c1-27-14-13-24-19(25)12-11-18(23-24)20(26)22-17-9-7-16(8-10-17)21-15-5-3-2-4-6-15/h2-12,21H,13-14H2,1H3,(H,22,26). The van der Waals surface area contributed by atoms with Crippen LogP contribution in [0.25, 0.3) is 0 Å². The van der Waals surface area contributed by atoms with E-state index in [9.17, 15) is 9.59 Å². The van der Waals surface area contributed by atoms with Crippen molar-refractivity contribution in [3.8, 4) is 0 Å². The molecule has 1 heterocycles. The van der Waals surface area contributed by atoms with Crippen LogP contribution in [-0.2, 0) is 11.3 Å². The fourth-order valence-electron chi connectivity index (χ4n) is 2.43. The van der Waals surface area contributed by atoms with E-state index in [0.717, 1.165) is 11.4 Å². The fraction of sp³-hybridized carbons (Fsp3) is 0.150. The van der Waals surface area contributed by atoms with E-state index in [4.69, 9.17) is 4.74 Å². The Morgan fingerprint density at radius 2 is 1.63 bits per heavy atom. The minimum absolute atomic E-state index is 0.164. The quantitative estimate of drug-likeness (QED) is 0.673. The molecule has 7 nitrogen and oxygen atoms in total. The van der Waals surface area contributed by atoms with Crippen LogP contribution in [-0.4, -0.2) is 29.4 Å². The van der Waals surface area contributed by atoms with Crippen LogP contribution in [0.3, 0.4) is 0 Å². The first-order valence-electron chi connectivity index (χ1n) is 8.46. The number of carbonyl (C=O) groups excluding carboxylic acids is 1. The van der Waals surface area contributed by atoms with Crippen molar-refractivity contribution in [1.29, 1.82) is 0 Å². The summed E-state index contributed by atoms with van der Waals surface area (Å²) >= 11 is 0. The molecule has 0 aliphatic heterocycles. The Bertz CT molecular complexity index is 953. The lowest BCUT2D eigenvalue weighted by Gasteiger charge is -2.09. The summed E-state index contributed by atoms with van der Waals surface area (Å²) in [5.41, 5.74) is 2.41. The maximum Gasteiger partial charge on any atom is 0.276 e. The maximum absolute atomic E-state index is 12.4. The zero-order chi connectivity index (χ0) is 19.1. The van der Waals surface area contributed by atoms with Crippen molar-refractivity contribution in [2.24, 2.45) is 0 Å². The zero-order valence-electron chi connectivity index (χ0n) is 14.9. The van der Waals surface area contributed by atoms with E-state index in [2.05, 4.69) is 15.7 Å². The summed E-state index contributed by atoms with van der Waals surface area (Å²) in [6.07, 6.45) is 0. The summed E-state index contributed by atoms with van der Waals surface area (Å²) in [5, 5.41) is 10.1. The van der Waals surface area contributed by atoms with E-state index in [1.54, 1.807) is 12.1 Å². The van der Waals surface area contributed by atoms with Crippen molar-refractivity contribution in [2.75, 3.05) is 24.4 Å². The number of aromatic nitrogens is 2. The van der Waals surface area contributed by atoms with Crippen LogP contribution < -0.4 is 16.2 Å². The summed E-state index contributed by atoms with van der Waals surface area (Å²) in [4.78, 5) is 24.1. The summed E-state index contributed by atoms with van der Waals surface area (Å²) in [5.74, 6) is -0.384. The zero-order valence-corrected chi connectivity index (χ0v) is 14.9. The van der Waals surface area contributed by atoms with E-state index < -0.39 is 0 Å². The molecule has 0 bridgehead atoms. The lowest BCUT2D eigenvalue weighted by molar-refractivity contribution is 0.101. The summed E-state index contributed by atoms with van der Waals surface area (Å²) in [7, 11) is 1.54. The number of para-hydroxylation sites is 1. The SMILES string of the molecule is COCCn1nc(C(=O)Nc2ccc(Nc3ccccc3)cc2)ccc1=O. The van der Waals surface area contributed by atoms with Crippen molar-refractivity contribution in [2.45, 2.75) is 6.54 Å². The van der Waals surface area contributed by atoms with Crippen LogP contribution in [0.4, 0.5) is 17.1 Å². The first kappa shape index (κ1) is 18.3. The molecule has 0 saturated carbocycles. The Balaban J connectivity index is 1.66.